The number of carboxylic acid groups (broad SMARTS) is 2. The van der Waals surface area contributed by atoms with Crippen molar-refractivity contribution in [3.63, 3.8) is 0 Å². The number of rotatable bonds is 3. The first-order valence-corrected chi connectivity index (χ1v) is 2.24. The van der Waals surface area contributed by atoms with Gasteiger partial charge in [0.05, 0.1) is 11.9 Å². The van der Waals surface area contributed by atoms with Gasteiger partial charge < -0.3 is 51.9 Å². The molecule has 10 nitrogen and oxygen atoms in total. The molecule has 16 heavy (non-hydrogen) atoms. The van der Waals surface area contributed by atoms with Gasteiger partial charge in [-0.2, -0.15) is 0 Å². The van der Waals surface area contributed by atoms with Crippen molar-refractivity contribution in [1.29, 1.82) is 0 Å². The van der Waals surface area contributed by atoms with E-state index in [2.05, 4.69) is 0 Å². The number of carboxylic acids is 2. The summed E-state index contributed by atoms with van der Waals surface area (Å²) in [6.45, 7) is 0. The molecule has 0 spiro atoms. The van der Waals surface area contributed by atoms with Crippen LogP contribution in [0.3, 0.4) is 0 Å². The van der Waals surface area contributed by atoms with Crippen LogP contribution >= 0.6 is 0 Å². The third-order valence-corrected chi connectivity index (χ3v) is 0.782. The van der Waals surface area contributed by atoms with Crippen LogP contribution in [0.1, 0.15) is 0 Å². The Morgan fingerprint density at radius 2 is 0.938 bits per heavy atom. The Morgan fingerprint density at radius 3 is 1.00 bits per heavy atom. The van der Waals surface area contributed by atoms with Crippen LogP contribution in [-0.2, 0) is 26.7 Å². The van der Waals surface area contributed by atoms with Gasteiger partial charge in [-0.15, -0.1) is 0 Å². The molecule has 12 heteroatoms. The Hall–Kier alpha value is 0.856. The molecule has 0 amide bonds. The van der Waals surface area contributed by atoms with Crippen molar-refractivity contribution < 1.29 is 120 Å². The van der Waals surface area contributed by atoms with Crippen molar-refractivity contribution in [3.8, 4) is 0 Å². The van der Waals surface area contributed by atoms with E-state index < -0.39 is 24.1 Å². The van der Waals surface area contributed by atoms with Gasteiger partial charge in [0.1, 0.15) is 12.2 Å². The molecule has 0 aliphatic carbocycles. The monoisotopic (exact) mass is 322 g/mol. The zero-order chi connectivity index (χ0) is 8.31. The fraction of sp³-hybridized carbons (Fsp3) is 0.500. The number of hydrogen-bond donors (Lipinski definition) is 2. The number of hydrogen-bond acceptors (Lipinski definition) is 6. The van der Waals surface area contributed by atoms with Gasteiger partial charge in [0, 0.05) is 0 Å². The minimum atomic E-state index is -2.44. The minimum absolute atomic E-state index is 0. The number of aliphatic hydroxyl groups excluding tert-OH is 2. The summed E-state index contributed by atoms with van der Waals surface area (Å²) in [5.41, 5.74) is 0. The molecule has 0 aromatic carbocycles. The average Bonchev–Trinajstić information content (AvgIpc) is 1.84. The number of carbonyl (C=O) groups is 2. The normalized spacial score (nSPS) is 9.88. The summed E-state index contributed by atoms with van der Waals surface area (Å²) >= 11 is 0. The summed E-state index contributed by atoms with van der Waals surface area (Å²) < 4.78 is 0. The summed E-state index contributed by atoms with van der Waals surface area (Å²) in [5, 5.41) is 35.7. The van der Waals surface area contributed by atoms with E-state index in [9.17, 15) is 19.8 Å². The standard InChI is InChI=1S/C4H6O6.Cu.K.4H2O/c5-1(3(7)8)2(6)4(9)10;;;;;;/h1-2,5-6H,(H,7,8)(H,9,10);;;4*1H2/q;2*+1;;;;/p-2. The zero-order valence-electron chi connectivity index (χ0n) is 7.98. The average molecular weight is 323 g/mol. The fourth-order valence-electron chi connectivity index (χ4n) is 0.258. The van der Waals surface area contributed by atoms with Crippen molar-refractivity contribution in [2.75, 3.05) is 0 Å². The maximum Gasteiger partial charge on any atom is 1.00 e. The second-order valence-corrected chi connectivity index (χ2v) is 1.53. The van der Waals surface area contributed by atoms with E-state index in [1.165, 1.54) is 0 Å². The van der Waals surface area contributed by atoms with E-state index in [0.717, 1.165) is 0 Å². The fourth-order valence-corrected chi connectivity index (χ4v) is 0.258. The predicted octanol–water partition coefficient (Wildman–Crippen LogP) is -11.1. The molecular weight excluding hydrogens is 311 g/mol. The number of aliphatic carboxylic acids is 2. The molecule has 2 unspecified atom stereocenters. The third kappa shape index (κ3) is 17.3. The quantitative estimate of drug-likeness (QED) is 0.476. The van der Waals surface area contributed by atoms with Crippen LogP contribution in [0.2, 0.25) is 0 Å². The maximum atomic E-state index is 9.63. The Labute approximate surface area is 143 Å². The van der Waals surface area contributed by atoms with E-state index in [4.69, 9.17) is 10.2 Å². The van der Waals surface area contributed by atoms with Gasteiger partial charge in [-0.3, -0.25) is 0 Å². The first-order valence-electron chi connectivity index (χ1n) is 2.24. The molecule has 0 bridgehead atoms. The minimum Gasteiger partial charge on any atom is -0.547 e. The molecule has 100 valence electrons. The molecule has 0 aliphatic heterocycles. The van der Waals surface area contributed by atoms with Crippen LogP contribution in [0.15, 0.2) is 0 Å². The topological polar surface area (TPSA) is 247 Å². The second-order valence-electron chi connectivity index (χ2n) is 1.53. The van der Waals surface area contributed by atoms with Crippen molar-refractivity contribution in [2.24, 2.45) is 0 Å². The molecule has 0 fully saturated rings. The van der Waals surface area contributed by atoms with Gasteiger partial charge in [-0.05, 0) is 0 Å². The van der Waals surface area contributed by atoms with Gasteiger partial charge in [0.15, 0.2) is 0 Å². The van der Waals surface area contributed by atoms with Crippen molar-refractivity contribution in [3.05, 3.63) is 0 Å². The summed E-state index contributed by atoms with van der Waals surface area (Å²) in [6.07, 6.45) is -4.88. The van der Waals surface area contributed by atoms with Gasteiger partial charge >= 0.3 is 68.5 Å². The van der Waals surface area contributed by atoms with Gasteiger partial charge in [-0.1, -0.05) is 0 Å². The van der Waals surface area contributed by atoms with E-state index >= 15 is 0 Å². The van der Waals surface area contributed by atoms with Gasteiger partial charge in [0.25, 0.3) is 0 Å². The smallest absolute Gasteiger partial charge is 0.547 e. The van der Waals surface area contributed by atoms with Gasteiger partial charge in [0.2, 0.25) is 0 Å². The summed E-state index contributed by atoms with van der Waals surface area (Å²) in [5.74, 6) is -4.12. The van der Waals surface area contributed by atoms with Crippen molar-refractivity contribution in [2.45, 2.75) is 12.2 Å². The van der Waals surface area contributed by atoms with Crippen molar-refractivity contribution >= 4 is 11.9 Å². The maximum absolute atomic E-state index is 9.63. The zero-order valence-corrected chi connectivity index (χ0v) is 12.0. The van der Waals surface area contributed by atoms with E-state index in [-0.39, 0.29) is 90.4 Å². The predicted molar refractivity (Wildman–Crippen MR) is 36.5 cm³/mol. The Kier molecular flexibility index (Phi) is 57.7. The second kappa shape index (κ2) is 21.2. The van der Waals surface area contributed by atoms with Crippen LogP contribution < -0.4 is 61.6 Å². The molecule has 0 aliphatic rings. The Morgan fingerprint density at radius 1 is 0.812 bits per heavy atom. The van der Waals surface area contributed by atoms with Gasteiger partial charge in [-0.25, -0.2) is 0 Å². The van der Waals surface area contributed by atoms with E-state index in [0.29, 0.717) is 0 Å². The largest absolute Gasteiger partial charge is 1.00 e. The van der Waals surface area contributed by atoms with Crippen LogP contribution in [0.4, 0.5) is 0 Å². The molecule has 0 rings (SSSR count). The van der Waals surface area contributed by atoms with Crippen LogP contribution in [-0.4, -0.2) is 56.3 Å². The molecule has 0 aromatic heterocycles. The molecule has 0 saturated heterocycles. The van der Waals surface area contributed by atoms with Crippen LogP contribution in [0.5, 0.6) is 0 Å². The molecule has 2 atom stereocenters. The Balaban J connectivity index is -0.0000000270. The summed E-state index contributed by atoms with van der Waals surface area (Å²) in [6, 6.07) is 0. The molecule has 10 N–H and O–H groups in total. The molecule has 0 aromatic rings. The first-order chi connectivity index (χ1) is 4.46. The SMILES string of the molecule is O.O.O.O.O=C([O-])C(O)C(O)C(=O)[O-].[Cu+].[K+]. The first kappa shape index (κ1) is 43.6. The number of carbonyl (C=O) groups excluding carboxylic acids is 2. The van der Waals surface area contributed by atoms with E-state index in [1.807, 2.05) is 0 Å². The summed E-state index contributed by atoms with van der Waals surface area (Å²) in [7, 11) is 0. The van der Waals surface area contributed by atoms with Crippen molar-refractivity contribution in [1.82, 2.24) is 0 Å². The third-order valence-electron chi connectivity index (χ3n) is 0.782. The molecular formula is C4H12CuKO10. The number of aliphatic hydroxyl groups is 2. The molecule has 0 saturated carbocycles. The molecule has 0 heterocycles. The van der Waals surface area contributed by atoms with Crippen LogP contribution in [0, 0.1) is 0 Å². The molecule has 0 radical (unpaired) electrons. The summed E-state index contributed by atoms with van der Waals surface area (Å²) in [4.78, 5) is 19.3. The Bertz CT molecular complexity index is 147. The van der Waals surface area contributed by atoms with Crippen LogP contribution in [0.25, 0.3) is 0 Å². The van der Waals surface area contributed by atoms with E-state index in [1.54, 1.807) is 0 Å².